The number of unbranched alkanes of at least 4 members (excludes halogenated alkanes) is 2. The average molecular weight is 290 g/mol. The Morgan fingerprint density at radius 2 is 1.05 bits per heavy atom. The monoisotopic (exact) mass is 290 g/mol. The lowest BCUT2D eigenvalue weighted by molar-refractivity contribution is 0.785. The number of thioether (sulfide) groups is 2. The van der Waals surface area contributed by atoms with E-state index in [0.29, 0.717) is 0 Å². The van der Waals surface area contributed by atoms with Crippen molar-refractivity contribution in [3.63, 3.8) is 0 Å². The predicted molar refractivity (Wildman–Crippen MR) is 83.8 cm³/mol. The van der Waals surface area contributed by atoms with Gasteiger partial charge in [-0.2, -0.15) is 0 Å². The molecule has 0 saturated carbocycles. The van der Waals surface area contributed by atoms with Gasteiger partial charge in [-0.1, -0.05) is 6.42 Å². The van der Waals surface area contributed by atoms with E-state index in [2.05, 4.69) is 34.2 Å². The Morgan fingerprint density at radius 3 is 1.47 bits per heavy atom. The smallest absolute Gasteiger partial charge is 0.0278 e. The van der Waals surface area contributed by atoms with Gasteiger partial charge in [0.05, 0.1) is 0 Å². The first-order valence-corrected chi connectivity index (χ1v) is 8.48. The first-order chi connectivity index (χ1) is 9.45. The molecule has 0 spiro atoms. The van der Waals surface area contributed by atoms with E-state index >= 15 is 0 Å². The molecule has 2 rings (SSSR count). The molecule has 2 nitrogen and oxygen atoms in total. The third-order valence-electron chi connectivity index (χ3n) is 2.63. The molecule has 0 aliphatic heterocycles. The molecular formula is C15H18N2S2. The Hall–Kier alpha value is -1.00. The summed E-state index contributed by atoms with van der Waals surface area (Å²) >= 11 is 3.84. The van der Waals surface area contributed by atoms with Crippen LogP contribution < -0.4 is 0 Å². The Labute approximate surface area is 123 Å². The Morgan fingerprint density at radius 1 is 0.632 bits per heavy atom. The van der Waals surface area contributed by atoms with E-state index in [1.807, 2.05) is 48.3 Å². The number of hydrogen-bond acceptors (Lipinski definition) is 4. The van der Waals surface area contributed by atoms with Gasteiger partial charge < -0.3 is 0 Å². The molecular weight excluding hydrogens is 272 g/mol. The van der Waals surface area contributed by atoms with Crippen molar-refractivity contribution in [1.29, 1.82) is 0 Å². The molecule has 0 saturated heterocycles. The summed E-state index contributed by atoms with van der Waals surface area (Å²) in [7, 11) is 0. The molecule has 2 heterocycles. The van der Waals surface area contributed by atoms with Gasteiger partial charge in [0.2, 0.25) is 0 Å². The van der Waals surface area contributed by atoms with Crippen molar-refractivity contribution in [2.24, 2.45) is 0 Å². The van der Waals surface area contributed by atoms with Crippen LogP contribution in [0.1, 0.15) is 19.3 Å². The number of hydrogen-bond donors (Lipinski definition) is 0. The fraction of sp³-hybridized carbons (Fsp3) is 0.333. The summed E-state index contributed by atoms with van der Waals surface area (Å²) in [6.07, 6.45) is 11.3. The Kier molecular flexibility index (Phi) is 6.82. The van der Waals surface area contributed by atoms with Crippen molar-refractivity contribution >= 4 is 23.5 Å². The van der Waals surface area contributed by atoms with Crippen molar-refractivity contribution in [1.82, 2.24) is 9.97 Å². The largest absolute Gasteiger partial charge is 0.265 e. The topological polar surface area (TPSA) is 25.8 Å². The van der Waals surface area contributed by atoms with Crippen molar-refractivity contribution in [3.05, 3.63) is 49.1 Å². The lowest BCUT2D eigenvalue weighted by Crippen LogP contribution is -1.85. The summed E-state index contributed by atoms with van der Waals surface area (Å²) in [6.45, 7) is 0. The molecule has 0 aliphatic carbocycles. The molecule has 2 aromatic rings. The fourth-order valence-electron chi connectivity index (χ4n) is 1.63. The molecule has 100 valence electrons. The summed E-state index contributed by atoms with van der Waals surface area (Å²) in [4.78, 5) is 10.7. The van der Waals surface area contributed by atoms with Crippen LogP contribution in [0.4, 0.5) is 0 Å². The minimum atomic E-state index is 1.20. The average Bonchev–Trinajstić information content (AvgIpc) is 2.48. The van der Waals surface area contributed by atoms with Gasteiger partial charge in [0.1, 0.15) is 0 Å². The van der Waals surface area contributed by atoms with Gasteiger partial charge >= 0.3 is 0 Å². The predicted octanol–water partition coefficient (Wildman–Crippen LogP) is 4.53. The molecule has 19 heavy (non-hydrogen) atoms. The van der Waals surface area contributed by atoms with Crippen LogP contribution in [0.5, 0.6) is 0 Å². The van der Waals surface area contributed by atoms with E-state index in [4.69, 9.17) is 0 Å². The van der Waals surface area contributed by atoms with Gasteiger partial charge in [-0.15, -0.1) is 23.5 Å². The Balaban J connectivity index is 1.49. The fourth-order valence-corrected chi connectivity index (χ4v) is 3.43. The molecule has 0 N–H and O–H groups in total. The molecule has 0 aliphatic rings. The van der Waals surface area contributed by atoms with Gasteiger partial charge in [0, 0.05) is 34.6 Å². The third kappa shape index (κ3) is 6.12. The van der Waals surface area contributed by atoms with E-state index in [1.165, 1.54) is 40.6 Å². The summed E-state index contributed by atoms with van der Waals surface area (Å²) in [6, 6.07) is 8.29. The summed E-state index contributed by atoms with van der Waals surface area (Å²) in [5.41, 5.74) is 0. The highest BCUT2D eigenvalue weighted by molar-refractivity contribution is 7.99. The maximum atomic E-state index is 4.02. The quantitative estimate of drug-likeness (QED) is 0.527. The van der Waals surface area contributed by atoms with Crippen LogP contribution in [-0.4, -0.2) is 21.5 Å². The second kappa shape index (κ2) is 8.99. The Bertz CT molecular complexity index is 405. The number of rotatable bonds is 8. The van der Waals surface area contributed by atoms with Gasteiger partial charge in [0.25, 0.3) is 0 Å². The molecule has 4 heteroatoms. The zero-order chi connectivity index (χ0) is 13.2. The highest BCUT2D eigenvalue weighted by Crippen LogP contribution is 2.20. The first kappa shape index (κ1) is 14.4. The lowest BCUT2D eigenvalue weighted by Gasteiger charge is -2.02. The van der Waals surface area contributed by atoms with Crippen LogP contribution in [0, 0.1) is 0 Å². The second-order valence-electron chi connectivity index (χ2n) is 4.12. The zero-order valence-electron chi connectivity index (χ0n) is 10.9. The van der Waals surface area contributed by atoms with Gasteiger partial charge in [-0.05, 0) is 48.6 Å². The van der Waals surface area contributed by atoms with Crippen molar-refractivity contribution in [3.8, 4) is 0 Å². The molecule has 0 unspecified atom stereocenters. The van der Waals surface area contributed by atoms with Crippen LogP contribution in [0.15, 0.2) is 58.8 Å². The third-order valence-corrected chi connectivity index (χ3v) is 4.82. The molecule has 0 atom stereocenters. The van der Waals surface area contributed by atoms with Crippen LogP contribution in [0.3, 0.4) is 0 Å². The van der Waals surface area contributed by atoms with Crippen LogP contribution in [-0.2, 0) is 0 Å². The van der Waals surface area contributed by atoms with E-state index in [9.17, 15) is 0 Å². The SMILES string of the molecule is c1cc(SCCCCCSc2ccncc2)ccn1. The van der Waals surface area contributed by atoms with E-state index < -0.39 is 0 Å². The van der Waals surface area contributed by atoms with E-state index in [0.717, 1.165) is 0 Å². The molecule has 0 aromatic carbocycles. The maximum absolute atomic E-state index is 4.02. The number of aromatic nitrogens is 2. The van der Waals surface area contributed by atoms with E-state index in [-0.39, 0.29) is 0 Å². The molecule has 2 aromatic heterocycles. The van der Waals surface area contributed by atoms with Crippen molar-refractivity contribution < 1.29 is 0 Å². The van der Waals surface area contributed by atoms with Crippen LogP contribution in [0.25, 0.3) is 0 Å². The lowest BCUT2D eigenvalue weighted by atomic mass is 10.3. The zero-order valence-corrected chi connectivity index (χ0v) is 12.5. The summed E-state index contributed by atoms with van der Waals surface area (Å²) in [5, 5.41) is 0. The second-order valence-corrected chi connectivity index (χ2v) is 6.46. The van der Waals surface area contributed by atoms with E-state index in [1.54, 1.807) is 0 Å². The van der Waals surface area contributed by atoms with Crippen LogP contribution in [0.2, 0.25) is 0 Å². The minimum absolute atomic E-state index is 1.20. The summed E-state index contributed by atoms with van der Waals surface area (Å²) in [5.74, 6) is 2.40. The minimum Gasteiger partial charge on any atom is -0.265 e. The molecule has 0 bridgehead atoms. The van der Waals surface area contributed by atoms with Crippen molar-refractivity contribution in [2.45, 2.75) is 29.1 Å². The standard InChI is InChI=1S/C15H18N2S2/c1(2-12-18-14-4-8-16-9-5-14)3-13-19-15-6-10-17-11-7-15/h4-11H,1-3,12-13H2. The number of nitrogens with zero attached hydrogens (tertiary/aromatic N) is 2. The van der Waals surface area contributed by atoms with Gasteiger partial charge in [-0.25, -0.2) is 0 Å². The van der Waals surface area contributed by atoms with Gasteiger partial charge in [-0.3, -0.25) is 9.97 Å². The molecule has 0 radical (unpaired) electrons. The van der Waals surface area contributed by atoms with Crippen molar-refractivity contribution in [2.75, 3.05) is 11.5 Å². The number of pyridine rings is 2. The highest BCUT2D eigenvalue weighted by atomic mass is 32.2. The first-order valence-electron chi connectivity index (χ1n) is 6.51. The maximum Gasteiger partial charge on any atom is 0.0278 e. The molecule has 0 fully saturated rings. The molecule has 0 amide bonds. The van der Waals surface area contributed by atoms with Gasteiger partial charge in [0.15, 0.2) is 0 Å². The summed E-state index contributed by atoms with van der Waals surface area (Å²) < 4.78 is 0. The highest BCUT2D eigenvalue weighted by Gasteiger charge is 1.95. The normalized spacial score (nSPS) is 10.5. The van der Waals surface area contributed by atoms with Crippen LogP contribution >= 0.6 is 23.5 Å².